The monoisotopic (exact) mass is 1020 g/mol. The fraction of sp³-hybridized carbons (Fsp3) is 0.417. The summed E-state index contributed by atoms with van der Waals surface area (Å²) in [6, 6.07) is 17.6. The highest BCUT2D eigenvalue weighted by atomic mass is 79.9. The molecule has 4 saturated heterocycles. The van der Waals surface area contributed by atoms with Crippen molar-refractivity contribution in [1.29, 1.82) is 0 Å². The molecule has 0 unspecified atom stereocenters. The first kappa shape index (κ1) is 44.3. The molecule has 0 amide bonds. The molecule has 0 aliphatic carbocycles. The number of fused-ring (bicyclic) bond motifs is 4. The van der Waals surface area contributed by atoms with Gasteiger partial charge in [0.2, 0.25) is 11.3 Å². The van der Waals surface area contributed by atoms with E-state index < -0.39 is 0 Å². The van der Waals surface area contributed by atoms with E-state index in [4.69, 9.17) is 8.83 Å². The van der Waals surface area contributed by atoms with Crippen LogP contribution in [0.2, 0.25) is 0 Å². The Morgan fingerprint density at radius 3 is 1.62 bits per heavy atom. The first-order valence-corrected chi connectivity index (χ1v) is 24.7. The average Bonchev–Trinajstić information content (AvgIpc) is 4.00. The third-order valence-electron chi connectivity index (χ3n) is 13.3. The molecule has 4 fully saturated rings. The lowest BCUT2D eigenvalue weighted by Gasteiger charge is -2.39. The van der Waals surface area contributed by atoms with E-state index in [-0.39, 0.29) is 11.1 Å². The van der Waals surface area contributed by atoms with Crippen LogP contribution in [0.1, 0.15) is 64.2 Å². The number of anilines is 2. The number of piperidine rings is 4. The number of hydrogen-bond donors (Lipinski definition) is 2. The van der Waals surface area contributed by atoms with Crippen molar-refractivity contribution in [3.63, 3.8) is 0 Å². The van der Waals surface area contributed by atoms with Crippen molar-refractivity contribution in [1.82, 2.24) is 49.7 Å². The summed E-state index contributed by atoms with van der Waals surface area (Å²) in [6.45, 7) is 9.01. The van der Waals surface area contributed by atoms with Gasteiger partial charge in [-0.05, 0) is 134 Å². The molecule has 4 aliphatic heterocycles. The lowest BCUT2D eigenvalue weighted by atomic mass is 10.0. The zero-order valence-corrected chi connectivity index (χ0v) is 39.8. The van der Waals surface area contributed by atoms with Gasteiger partial charge < -0.3 is 38.4 Å². The van der Waals surface area contributed by atoms with Gasteiger partial charge in [-0.25, -0.2) is 19.9 Å². The van der Waals surface area contributed by atoms with Gasteiger partial charge in [-0.1, -0.05) is 31.0 Å². The number of aromatic nitrogens is 8. The molecule has 0 spiro atoms. The van der Waals surface area contributed by atoms with Crippen LogP contribution < -0.4 is 20.9 Å². The predicted molar refractivity (Wildman–Crippen MR) is 264 cm³/mol. The molecule has 6 aromatic heterocycles. The van der Waals surface area contributed by atoms with Crippen LogP contribution >= 0.6 is 31.9 Å². The molecule has 0 saturated carbocycles. The Morgan fingerprint density at radius 1 is 0.561 bits per heavy atom. The lowest BCUT2D eigenvalue weighted by Crippen LogP contribution is -2.46. The van der Waals surface area contributed by atoms with Gasteiger partial charge >= 0.3 is 0 Å². The minimum Gasteiger partial charge on any atom is -0.422 e. The molecule has 0 radical (unpaired) electrons. The molecule has 66 heavy (non-hydrogen) atoms. The van der Waals surface area contributed by atoms with Gasteiger partial charge in [-0.3, -0.25) is 9.59 Å². The molecule has 18 heteroatoms. The van der Waals surface area contributed by atoms with Gasteiger partial charge in [-0.15, -0.1) is 0 Å². The first-order chi connectivity index (χ1) is 32.3. The standard InChI is InChI=1S/C24H26N6O2.C16H21BrN4O.C8H5BrN2O/c31-23-19-6-4-5-18(21(19)26-15-27-23)16-13-20-22(25-14-16)28-24(32-20)30-11-7-17(8-12-30)29-9-2-1-3-10-29;17-12-10-14-15(18-11-12)19-16(22-14)21-8-4-13(5-9-21)20-6-2-1-3-7-20;9-6-3-1-2-5-7(6)10-4-11-8(5)12/h4-6,13-15,17H,1-3,7-12H2,(H,26,27,31);10-11,13H,1-9H2;1-4H,(H,10,11,12). The molecule has 8 aromatic rings. The minimum atomic E-state index is -0.152. The zero-order valence-electron chi connectivity index (χ0n) is 36.7. The highest BCUT2D eigenvalue weighted by molar-refractivity contribution is 9.11. The van der Waals surface area contributed by atoms with Crippen molar-refractivity contribution >= 4 is 88.2 Å². The largest absolute Gasteiger partial charge is 0.422 e. The van der Waals surface area contributed by atoms with E-state index in [1.807, 2.05) is 36.4 Å². The van der Waals surface area contributed by atoms with E-state index in [2.05, 4.69) is 91.3 Å². The van der Waals surface area contributed by atoms with Crippen molar-refractivity contribution in [3.8, 4) is 11.1 Å². The number of halogens is 2. The fourth-order valence-corrected chi connectivity index (χ4v) is 10.6. The molecule has 0 bridgehead atoms. The second kappa shape index (κ2) is 20.1. The minimum absolute atomic E-state index is 0.110. The third kappa shape index (κ3) is 9.78. The number of para-hydroxylation sites is 2. The smallest absolute Gasteiger partial charge is 0.299 e. The lowest BCUT2D eigenvalue weighted by molar-refractivity contribution is 0.140. The number of rotatable bonds is 5. The molecule has 12 rings (SSSR count). The Kier molecular flexibility index (Phi) is 13.5. The number of hydrogen-bond acceptors (Lipinski definition) is 14. The van der Waals surface area contributed by atoms with Gasteiger partial charge in [0.15, 0.2) is 11.2 Å². The van der Waals surface area contributed by atoms with Gasteiger partial charge in [0, 0.05) is 76.8 Å². The molecule has 342 valence electrons. The predicted octanol–water partition coefficient (Wildman–Crippen LogP) is 8.71. The van der Waals surface area contributed by atoms with Crippen LogP contribution in [0, 0.1) is 0 Å². The number of benzene rings is 2. The molecular formula is C48H52Br2N12O4. The summed E-state index contributed by atoms with van der Waals surface area (Å²) in [4.78, 5) is 64.8. The number of oxazole rings is 2. The average molecular weight is 1020 g/mol. The molecule has 16 nitrogen and oxygen atoms in total. The number of nitrogens with one attached hydrogen (secondary N) is 2. The van der Waals surface area contributed by atoms with Crippen molar-refractivity contribution in [2.45, 2.75) is 76.3 Å². The van der Waals surface area contributed by atoms with Gasteiger partial charge in [-0.2, -0.15) is 9.97 Å². The maximum atomic E-state index is 12.1. The molecule has 2 N–H and O–H groups in total. The first-order valence-electron chi connectivity index (χ1n) is 23.1. The number of pyridine rings is 2. The van der Waals surface area contributed by atoms with E-state index >= 15 is 0 Å². The van der Waals surface area contributed by atoms with Gasteiger partial charge in [0.05, 0.1) is 34.5 Å². The van der Waals surface area contributed by atoms with Crippen molar-refractivity contribution < 1.29 is 8.83 Å². The molecule has 10 heterocycles. The van der Waals surface area contributed by atoms with E-state index in [0.717, 1.165) is 76.7 Å². The Labute approximate surface area is 397 Å². The summed E-state index contributed by atoms with van der Waals surface area (Å²) in [6.07, 6.45) is 19.2. The zero-order chi connectivity index (χ0) is 45.0. The number of likely N-dealkylation sites (tertiary alicyclic amines) is 2. The normalized spacial score (nSPS) is 18.1. The Balaban J connectivity index is 0.000000129. The van der Waals surface area contributed by atoms with Crippen molar-refractivity contribution in [3.05, 3.63) is 103 Å². The van der Waals surface area contributed by atoms with E-state index in [1.165, 1.54) is 90.2 Å². The number of nitrogens with zero attached hydrogens (tertiary/aromatic N) is 10. The van der Waals surface area contributed by atoms with Gasteiger partial charge in [0.1, 0.15) is 0 Å². The van der Waals surface area contributed by atoms with Gasteiger partial charge in [0.25, 0.3) is 23.1 Å². The Hall–Kier alpha value is -5.56. The number of aromatic amines is 2. The molecule has 2 aromatic carbocycles. The topological polar surface area (TPSA) is 182 Å². The Bertz CT molecular complexity index is 3050. The second-order valence-electron chi connectivity index (χ2n) is 17.4. The van der Waals surface area contributed by atoms with Crippen LogP contribution in [0.15, 0.2) is 101 Å². The maximum absolute atomic E-state index is 12.1. The Morgan fingerprint density at radius 2 is 1.06 bits per heavy atom. The van der Waals surface area contributed by atoms with Crippen LogP contribution in [0.25, 0.3) is 55.4 Å². The van der Waals surface area contributed by atoms with Crippen LogP contribution in [-0.4, -0.2) is 114 Å². The van der Waals surface area contributed by atoms with Crippen molar-refractivity contribution in [2.24, 2.45) is 0 Å². The summed E-state index contributed by atoms with van der Waals surface area (Å²) < 4.78 is 13.8. The second-order valence-corrected chi connectivity index (χ2v) is 19.2. The quantitative estimate of drug-likeness (QED) is 0.167. The van der Waals surface area contributed by atoms with Crippen LogP contribution in [0.4, 0.5) is 12.0 Å². The van der Waals surface area contributed by atoms with Crippen LogP contribution in [0.5, 0.6) is 0 Å². The highest BCUT2D eigenvalue weighted by Crippen LogP contribution is 2.32. The summed E-state index contributed by atoms with van der Waals surface area (Å²) >= 11 is 6.74. The van der Waals surface area contributed by atoms with Crippen LogP contribution in [0.3, 0.4) is 0 Å². The van der Waals surface area contributed by atoms with E-state index in [0.29, 0.717) is 50.7 Å². The number of H-pyrrole nitrogens is 2. The van der Waals surface area contributed by atoms with E-state index in [1.54, 1.807) is 24.5 Å². The maximum Gasteiger partial charge on any atom is 0.299 e. The molecular weight excluding hydrogens is 968 g/mol. The highest BCUT2D eigenvalue weighted by Gasteiger charge is 2.29. The van der Waals surface area contributed by atoms with Crippen LogP contribution in [-0.2, 0) is 0 Å². The van der Waals surface area contributed by atoms with E-state index in [9.17, 15) is 9.59 Å². The van der Waals surface area contributed by atoms with Crippen molar-refractivity contribution in [2.75, 3.05) is 62.2 Å². The molecule has 4 aliphatic rings. The summed E-state index contributed by atoms with van der Waals surface area (Å²) in [5.74, 6) is 0. The summed E-state index contributed by atoms with van der Waals surface area (Å²) in [7, 11) is 0. The third-order valence-corrected chi connectivity index (χ3v) is 14.4. The summed E-state index contributed by atoms with van der Waals surface area (Å²) in [5, 5.41) is 1.16. The molecule has 0 atom stereocenters. The summed E-state index contributed by atoms with van der Waals surface area (Å²) in [5.41, 5.74) is 5.49. The fourth-order valence-electron chi connectivity index (χ4n) is 9.82. The SMILES string of the molecule is Brc1cnc2nc(N3CCC(N4CCCCC4)CC3)oc2c1.O=c1[nH]cnc2c(-c3cnc4nc(N5CCC(N6CCCCC6)CC5)oc4c3)cccc12.O=c1[nH]cnc2c(Br)cccc12.